The van der Waals surface area contributed by atoms with Gasteiger partial charge in [0.1, 0.15) is 0 Å². The van der Waals surface area contributed by atoms with Gasteiger partial charge in [-0.05, 0) is 61.7 Å². The van der Waals surface area contributed by atoms with Crippen molar-refractivity contribution in [2.45, 2.75) is 37.2 Å². The number of hydrogen-bond acceptors (Lipinski definition) is 4. The highest BCUT2D eigenvalue weighted by Gasteiger charge is 2.20. The molecule has 0 spiro atoms. The molecule has 6 heteroatoms. The molecule has 3 rings (SSSR count). The van der Waals surface area contributed by atoms with Gasteiger partial charge in [-0.15, -0.1) is 0 Å². The van der Waals surface area contributed by atoms with Gasteiger partial charge < -0.3 is 5.32 Å². The van der Waals surface area contributed by atoms with Crippen LogP contribution in [0, 0.1) is 20.8 Å². The van der Waals surface area contributed by atoms with Crippen molar-refractivity contribution in [2.24, 2.45) is 0 Å². The van der Waals surface area contributed by atoms with E-state index in [1.54, 1.807) is 18.2 Å². The Morgan fingerprint density at radius 1 is 0.929 bits per heavy atom. The summed E-state index contributed by atoms with van der Waals surface area (Å²) in [6.45, 7) is 6.18. The smallest absolute Gasteiger partial charge is 0.253 e. The number of rotatable bonds is 5. The molecule has 0 aliphatic rings. The number of carbonyl (C=O) groups is 1. The average molecular weight is 394 g/mol. The summed E-state index contributed by atoms with van der Waals surface area (Å²) < 4.78 is 25.5. The van der Waals surface area contributed by atoms with Crippen molar-refractivity contribution < 1.29 is 13.2 Å². The molecule has 0 aliphatic heterocycles. The van der Waals surface area contributed by atoms with Gasteiger partial charge in [-0.25, -0.2) is 13.4 Å². The second-order valence-electron chi connectivity index (χ2n) is 6.80. The van der Waals surface area contributed by atoms with Crippen LogP contribution in [-0.4, -0.2) is 19.3 Å². The maximum absolute atomic E-state index is 12.8. The van der Waals surface area contributed by atoms with Gasteiger partial charge in [-0.2, -0.15) is 0 Å². The van der Waals surface area contributed by atoms with Crippen LogP contribution in [0.4, 0.5) is 0 Å². The predicted molar refractivity (Wildman–Crippen MR) is 108 cm³/mol. The summed E-state index contributed by atoms with van der Waals surface area (Å²) in [5, 5.41) is 2.73. The lowest BCUT2D eigenvalue weighted by atomic mass is 10.1. The van der Waals surface area contributed by atoms with Gasteiger partial charge in [0.25, 0.3) is 5.91 Å². The Morgan fingerprint density at radius 3 is 2.25 bits per heavy atom. The van der Waals surface area contributed by atoms with E-state index in [2.05, 4.69) is 10.3 Å². The molecule has 28 heavy (non-hydrogen) atoms. The largest absolute Gasteiger partial charge is 0.348 e. The molecule has 0 fully saturated rings. The lowest BCUT2D eigenvalue weighted by Crippen LogP contribution is -2.23. The summed E-state index contributed by atoms with van der Waals surface area (Å²) in [5.41, 5.74) is 4.37. The molecule has 0 radical (unpaired) electrons. The van der Waals surface area contributed by atoms with Crippen LogP contribution in [0.2, 0.25) is 0 Å². The van der Waals surface area contributed by atoms with E-state index in [0.29, 0.717) is 12.1 Å². The van der Waals surface area contributed by atoms with Gasteiger partial charge in [-0.3, -0.25) is 4.79 Å². The third kappa shape index (κ3) is 4.28. The summed E-state index contributed by atoms with van der Waals surface area (Å²) in [6.07, 6.45) is 1.29. The molecule has 0 aliphatic carbocycles. The molecule has 1 amide bonds. The van der Waals surface area contributed by atoms with Crippen LogP contribution >= 0.6 is 0 Å². The molecule has 0 unspecified atom stereocenters. The number of hydrogen-bond donors (Lipinski definition) is 1. The second-order valence-corrected chi connectivity index (χ2v) is 8.70. The van der Waals surface area contributed by atoms with Crippen LogP contribution in [0.15, 0.2) is 70.7 Å². The van der Waals surface area contributed by atoms with Crippen molar-refractivity contribution in [1.82, 2.24) is 10.3 Å². The maximum atomic E-state index is 12.8. The van der Waals surface area contributed by atoms with E-state index >= 15 is 0 Å². The second kappa shape index (κ2) is 7.94. The summed E-state index contributed by atoms with van der Waals surface area (Å²) in [6, 6.07) is 15.7. The first-order valence-corrected chi connectivity index (χ1v) is 10.4. The maximum Gasteiger partial charge on any atom is 0.253 e. The molecule has 0 bridgehead atoms. The lowest BCUT2D eigenvalue weighted by Gasteiger charge is -2.08. The molecule has 1 aromatic heterocycles. The minimum absolute atomic E-state index is 0.0779. The Hall–Kier alpha value is -2.99. The summed E-state index contributed by atoms with van der Waals surface area (Å²) in [7, 11) is -3.72. The third-order valence-electron chi connectivity index (χ3n) is 4.64. The number of nitrogens with one attached hydrogen (secondary N) is 1. The Kier molecular flexibility index (Phi) is 5.61. The zero-order valence-electron chi connectivity index (χ0n) is 16.1. The number of carbonyl (C=O) groups excluding carboxylic acids is 1. The van der Waals surface area contributed by atoms with Crippen LogP contribution in [0.3, 0.4) is 0 Å². The molecular formula is C22H22N2O3S. The van der Waals surface area contributed by atoms with E-state index in [1.165, 1.54) is 18.3 Å². The Labute approximate surface area is 165 Å². The van der Waals surface area contributed by atoms with Crippen LogP contribution in [-0.2, 0) is 16.4 Å². The Morgan fingerprint density at radius 2 is 1.64 bits per heavy atom. The quantitative estimate of drug-likeness (QED) is 0.715. The molecule has 1 N–H and O–H groups in total. The first-order chi connectivity index (χ1) is 13.3. The SMILES string of the molecule is Cc1ccc(CNC(=O)c2ccc(S(=O)(=O)c3ccc(C)c(C)c3)nc2)cc1. The zero-order valence-corrected chi connectivity index (χ0v) is 16.9. The molecule has 144 valence electrons. The fourth-order valence-electron chi connectivity index (χ4n) is 2.67. The highest BCUT2D eigenvalue weighted by molar-refractivity contribution is 7.91. The van der Waals surface area contributed by atoms with E-state index in [-0.39, 0.29) is 15.8 Å². The fraction of sp³-hybridized carbons (Fsp3) is 0.182. The third-order valence-corrected chi connectivity index (χ3v) is 6.30. The van der Waals surface area contributed by atoms with Crippen molar-refractivity contribution in [3.05, 3.63) is 88.6 Å². The fourth-order valence-corrected chi connectivity index (χ4v) is 3.93. The highest BCUT2D eigenvalue weighted by Crippen LogP contribution is 2.21. The van der Waals surface area contributed by atoms with Crippen LogP contribution < -0.4 is 5.32 Å². The average Bonchev–Trinajstić information content (AvgIpc) is 2.69. The van der Waals surface area contributed by atoms with E-state index < -0.39 is 9.84 Å². The number of aromatic nitrogens is 1. The monoisotopic (exact) mass is 394 g/mol. The molecule has 5 nitrogen and oxygen atoms in total. The van der Waals surface area contributed by atoms with E-state index in [9.17, 15) is 13.2 Å². The first-order valence-electron chi connectivity index (χ1n) is 8.89. The summed E-state index contributed by atoms with van der Waals surface area (Å²) in [4.78, 5) is 16.5. The zero-order chi connectivity index (χ0) is 20.3. The van der Waals surface area contributed by atoms with Gasteiger partial charge in [0, 0.05) is 12.7 Å². The minimum atomic E-state index is -3.72. The van der Waals surface area contributed by atoms with Crippen molar-refractivity contribution in [3.63, 3.8) is 0 Å². The van der Waals surface area contributed by atoms with Crippen molar-refractivity contribution in [2.75, 3.05) is 0 Å². The van der Waals surface area contributed by atoms with Gasteiger partial charge >= 0.3 is 0 Å². The predicted octanol–water partition coefficient (Wildman–Crippen LogP) is 3.77. The number of aryl methyl sites for hydroxylation is 3. The van der Waals surface area contributed by atoms with Crippen LogP contribution in [0.1, 0.15) is 32.6 Å². The van der Waals surface area contributed by atoms with Gasteiger partial charge in [-0.1, -0.05) is 35.9 Å². The number of benzene rings is 2. The molecule has 2 aromatic carbocycles. The number of amides is 1. The lowest BCUT2D eigenvalue weighted by molar-refractivity contribution is 0.0950. The molecule has 3 aromatic rings. The summed E-state index contributed by atoms with van der Waals surface area (Å²) in [5.74, 6) is -0.303. The van der Waals surface area contributed by atoms with Crippen molar-refractivity contribution in [1.29, 1.82) is 0 Å². The molecular weight excluding hydrogens is 372 g/mol. The van der Waals surface area contributed by atoms with Crippen molar-refractivity contribution in [3.8, 4) is 0 Å². The molecule has 1 heterocycles. The minimum Gasteiger partial charge on any atom is -0.348 e. The Bertz CT molecular complexity index is 1100. The highest BCUT2D eigenvalue weighted by atomic mass is 32.2. The standard InChI is InChI=1S/C22H22N2O3S/c1-15-4-7-18(8-5-15)13-24-22(25)19-9-11-21(23-14-19)28(26,27)20-10-6-16(2)17(3)12-20/h4-12,14H,13H2,1-3H3,(H,24,25). The van der Waals surface area contributed by atoms with E-state index in [0.717, 1.165) is 22.3 Å². The van der Waals surface area contributed by atoms with E-state index in [1.807, 2.05) is 45.0 Å². The molecule has 0 saturated carbocycles. The summed E-state index contributed by atoms with van der Waals surface area (Å²) >= 11 is 0. The topological polar surface area (TPSA) is 76.1 Å². The number of sulfone groups is 1. The van der Waals surface area contributed by atoms with Gasteiger partial charge in [0.05, 0.1) is 10.5 Å². The molecule has 0 atom stereocenters. The number of nitrogens with zero attached hydrogens (tertiary/aromatic N) is 1. The van der Waals surface area contributed by atoms with Gasteiger partial charge in [0.15, 0.2) is 5.03 Å². The van der Waals surface area contributed by atoms with Crippen molar-refractivity contribution >= 4 is 15.7 Å². The molecule has 0 saturated heterocycles. The number of pyridine rings is 1. The Balaban J connectivity index is 1.74. The van der Waals surface area contributed by atoms with Gasteiger partial charge in [0.2, 0.25) is 9.84 Å². The van der Waals surface area contributed by atoms with Crippen LogP contribution in [0.5, 0.6) is 0 Å². The van der Waals surface area contributed by atoms with E-state index in [4.69, 9.17) is 0 Å². The van der Waals surface area contributed by atoms with Crippen LogP contribution in [0.25, 0.3) is 0 Å². The first kappa shape index (κ1) is 19.8. The normalized spacial score (nSPS) is 11.2.